The van der Waals surface area contributed by atoms with Gasteiger partial charge in [-0.3, -0.25) is 9.67 Å². The Hall–Kier alpha value is -1.75. The van der Waals surface area contributed by atoms with Crippen molar-refractivity contribution in [2.24, 2.45) is 12.0 Å². The molecule has 3 rings (SSSR count). The molecule has 1 aromatic carbocycles. The Morgan fingerprint density at radius 3 is 2.95 bits per heavy atom. The van der Waals surface area contributed by atoms with Gasteiger partial charge < -0.3 is 5.32 Å². The second-order valence-corrected chi connectivity index (χ2v) is 5.92. The summed E-state index contributed by atoms with van der Waals surface area (Å²) in [5, 5.41) is 8.71. The fourth-order valence-electron chi connectivity index (χ4n) is 2.25. The van der Waals surface area contributed by atoms with Crippen molar-refractivity contribution in [3.05, 3.63) is 53.9 Å². The summed E-state index contributed by atoms with van der Waals surface area (Å²) in [5.41, 5.74) is 2.50. The molecule has 104 valence electrons. The van der Waals surface area contributed by atoms with Crippen LogP contribution in [0.2, 0.25) is 0 Å². The van der Waals surface area contributed by atoms with Crippen LogP contribution in [-0.4, -0.2) is 26.7 Å². The molecule has 1 N–H and O–H groups in total. The smallest absolute Gasteiger partial charge is 0.157 e. The molecule has 1 unspecified atom stereocenters. The maximum atomic E-state index is 4.63. The topological polar surface area (TPSA) is 42.2 Å². The Morgan fingerprint density at radius 1 is 1.35 bits per heavy atom. The maximum absolute atomic E-state index is 4.63. The van der Waals surface area contributed by atoms with Gasteiger partial charge in [-0.2, -0.15) is 5.10 Å². The number of nitrogens with one attached hydrogen (secondary N) is 1. The zero-order valence-electron chi connectivity index (χ0n) is 11.5. The second kappa shape index (κ2) is 6.13. The van der Waals surface area contributed by atoms with Gasteiger partial charge in [0.1, 0.15) is 0 Å². The lowest BCUT2D eigenvalue weighted by Crippen LogP contribution is -2.29. The lowest BCUT2D eigenvalue weighted by atomic mass is 10.1. The summed E-state index contributed by atoms with van der Waals surface area (Å²) in [6.07, 6.45) is 2.86. The minimum Gasteiger partial charge on any atom is -0.361 e. The minimum absolute atomic E-state index is 0.479. The molecule has 1 fully saturated rings. The van der Waals surface area contributed by atoms with E-state index in [4.69, 9.17) is 0 Å². The van der Waals surface area contributed by atoms with Gasteiger partial charge in [0.05, 0.1) is 12.2 Å². The molecule has 2 aromatic rings. The summed E-state index contributed by atoms with van der Waals surface area (Å²) in [5.74, 6) is 1.08. The predicted octanol–water partition coefficient (Wildman–Crippen LogP) is 2.22. The molecule has 5 heteroatoms. The summed E-state index contributed by atoms with van der Waals surface area (Å²) >= 11 is 1.81. The van der Waals surface area contributed by atoms with Gasteiger partial charge in [-0.1, -0.05) is 42.1 Å². The van der Waals surface area contributed by atoms with Crippen molar-refractivity contribution in [3.8, 4) is 0 Å². The summed E-state index contributed by atoms with van der Waals surface area (Å²) in [7, 11) is 1.95. The van der Waals surface area contributed by atoms with Crippen molar-refractivity contribution in [2.75, 3.05) is 5.75 Å². The Morgan fingerprint density at radius 2 is 2.20 bits per heavy atom. The number of hydrogen-bond donors (Lipinski definition) is 1. The first-order valence-corrected chi connectivity index (χ1v) is 7.74. The van der Waals surface area contributed by atoms with Crippen LogP contribution in [0.5, 0.6) is 0 Å². The Kier molecular flexibility index (Phi) is 4.06. The first kappa shape index (κ1) is 13.2. The number of aliphatic imine (C=N–C) groups is 1. The molecule has 1 saturated heterocycles. The van der Waals surface area contributed by atoms with E-state index in [1.807, 2.05) is 24.0 Å². The highest BCUT2D eigenvalue weighted by Crippen LogP contribution is 2.17. The fourth-order valence-corrected chi connectivity index (χ4v) is 3.21. The van der Waals surface area contributed by atoms with Crippen molar-refractivity contribution in [1.82, 2.24) is 15.1 Å². The van der Waals surface area contributed by atoms with Crippen LogP contribution in [0, 0.1) is 0 Å². The van der Waals surface area contributed by atoms with Crippen molar-refractivity contribution in [1.29, 1.82) is 0 Å². The molecule has 1 aliphatic rings. The van der Waals surface area contributed by atoms with Crippen molar-refractivity contribution in [3.63, 3.8) is 0 Å². The summed E-state index contributed by atoms with van der Waals surface area (Å²) in [6, 6.07) is 13.1. The molecule has 2 heterocycles. The van der Waals surface area contributed by atoms with Crippen LogP contribution >= 0.6 is 11.8 Å². The van der Waals surface area contributed by atoms with E-state index in [0.29, 0.717) is 12.6 Å². The van der Waals surface area contributed by atoms with Crippen LogP contribution < -0.4 is 5.32 Å². The third-order valence-electron chi connectivity index (χ3n) is 3.38. The maximum Gasteiger partial charge on any atom is 0.157 e. The van der Waals surface area contributed by atoms with Crippen molar-refractivity contribution < 1.29 is 0 Å². The molecule has 1 aromatic heterocycles. The fraction of sp³-hybridized carbons (Fsp3) is 0.333. The van der Waals surface area contributed by atoms with E-state index in [1.54, 1.807) is 11.8 Å². The molecule has 0 amide bonds. The number of thioether (sulfide) groups is 1. The van der Waals surface area contributed by atoms with Crippen LogP contribution in [0.1, 0.15) is 11.3 Å². The normalized spacial score (nSPS) is 20.2. The molecule has 0 aliphatic carbocycles. The Balaban J connectivity index is 1.55. The van der Waals surface area contributed by atoms with Crippen molar-refractivity contribution in [2.45, 2.75) is 19.0 Å². The largest absolute Gasteiger partial charge is 0.361 e. The van der Waals surface area contributed by atoms with E-state index in [-0.39, 0.29) is 0 Å². The van der Waals surface area contributed by atoms with Gasteiger partial charge in [0.2, 0.25) is 0 Å². The van der Waals surface area contributed by atoms with Crippen LogP contribution in [0.3, 0.4) is 0 Å². The zero-order chi connectivity index (χ0) is 13.8. The molecule has 0 bridgehead atoms. The number of hydrogen-bond acceptors (Lipinski definition) is 3. The average molecular weight is 286 g/mol. The molecule has 20 heavy (non-hydrogen) atoms. The minimum atomic E-state index is 0.479. The van der Waals surface area contributed by atoms with Crippen LogP contribution in [0.15, 0.2) is 47.6 Å². The summed E-state index contributed by atoms with van der Waals surface area (Å²) < 4.78 is 1.87. The number of rotatable bonds is 4. The van der Waals surface area contributed by atoms with Crippen LogP contribution in [0.4, 0.5) is 0 Å². The van der Waals surface area contributed by atoms with Gasteiger partial charge >= 0.3 is 0 Å². The number of amidine groups is 1. The third kappa shape index (κ3) is 3.22. The Bertz CT molecular complexity index is 591. The molecule has 0 saturated carbocycles. The first-order chi connectivity index (χ1) is 9.81. The van der Waals surface area contributed by atoms with E-state index in [9.17, 15) is 0 Å². The Labute approximate surface area is 123 Å². The molecule has 0 spiro atoms. The molecule has 4 nitrogen and oxygen atoms in total. The second-order valence-electron chi connectivity index (χ2n) is 4.91. The van der Waals surface area contributed by atoms with Gasteiger partial charge in [-0.05, 0) is 18.1 Å². The highest BCUT2D eigenvalue weighted by atomic mass is 32.2. The van der Waals surface area contributed by atoms with Crippen LogP contribution in [-0.2, 0) is 20.0 Å². The quantitative estimate of drug-likeness (QED) is 0.937. The first-order valence-electron chi connectivity index (χ1n) is 6.76. The van der Waals surface area contributed by atoms with Gasteiger partial charge in [0.15, 0.2) is 5.17 Å². The molecular weight excluding hydrogens is 268 g/mol. The third-order valence-corrected chi connectivity index (χ3v) is 4.47. The summed E-state index contributed by atoms with van der Waals surface area (Å²) in [6.45, 7) is 0.684. The standard InChI is InChI=1S/C15H18N4S/c1-19-14(7-8-17-19)10-16-15-18-13(11-20-15)9-12-5-3-2-4-6-12/h2-8,13H,9-11H2,1H3,(H,16,18). The number of benzene rings is 1. The van der Waals surface area contributed by atoms with E-state index in [1.165, 1.54) is 5.56 Å². The predicted molar refractivity (Wildman–Crippen MR) is 83.9 cm³/mol. The number of aromatic nitrogens is 2. The number of nitrogens with zero attached hydrogens (tertiary/aromatic N) is 3. The van der Waals surface area contributed by atoms with Gasteiger partial charge in [0, 0.05) is 25.0 Å². The van der Waals surface area contributed by atoms with E-state index >= 15 is 0 Å². The van der Waals surface area contributed by atoms with E-state index < -0.39 is 0 Å². The van der Waals surface area contributed by atoms with Gasteiger partial charge in [-0.25, -0.2) is 0 Å². The molecule has 0 radical (unpaired) electrons. The highest BCUT2D eigenvalue weighted by Gasteiger charge is 2.20. The number of aryl methyl sites for hydroxylation is 1. The summed E-state index contributed by atoms with van der Waals surface area (Å²) in [4.78, 5) is 4.63. The van der Waals surface area contributed by atoms with Gasteiger partial charge in [0.25, 0.3) is 0 Å². The van der Waals surface area contributed by atoms with Crippen molar-refractivity contribution >= 4 is 16.9 Å². The SMILES string of the molecule is Cn1nccc1CN=C1NC(Cc2ccccc2)CS1. The monoisotopic (exact) mass is 286 g/mol. The average Bonchev–Trinajstić information content (AvgIpc) is 3.07. The van der Waals surface area contributed by atoms with Crippen LogP contribution in [0.25, 0.3) is 0 Å². The molecule has 1 aliphatic heterocycles. The van der Waals surface area contributed by atoms with Gasteiger partial charge in [-0.15, -0.1) is 0 Å². The van der Waals surface area contributed by atoms with E-state index in [2.05, 4.69) is 45.7 Å². The van der Waals surface area contributed by atoms with E-state index in [0.717, 1.165) is 23.0 Å². The molecular formula is C15H18N4S. The highest BCUT2D eigenvalue weighted by molar-refractivity contribution is 8.14. The zero-order valence-corrected chi connectivity index (χ0v) is 12.3. The lowest BCUT2D eigenvalue weighted by molar-refractivity contribution is 0.682. The molecule has 1 atom stereocenters. The lowest BCUT2D eigenvalue weighted by Gasteiger charge is -2.09.